The van der Waals surface area contributed by atoms with Crippen LogP contribution in [0.2, 0.25) is 5.02 Å². The van der Waals surface area contributed by atoms with Crippen molar-refractivity contribution in [2.75, 3.05) is 13.7 Å². The van der Waals surface area contributed by atoms with E-state index in [9.17, 15) is 4.79 Å². The SMILES string of the molecule is COC(=O)CNCc1ccc(Cl)cc1Br. The van der Waals surface area contributed by atoms with Gasteiger partial charge in [0.1, 0.15) is 0 Å². The Labute approximate surface area is 102 Å². The number of halogens is 2. The maximum absolute atomic E-state index is 10.8. The molecule has 82 valence electrons. The fraction of sp³-hybridized carbons (Fsp3) is 0.300. The van der Waals surface area contributed by atoms with E-state index in [0.29, 0.717) is 11.6 Å². The maximum Gasteiger partial charge on any atom is 0.319 e. The van der Waals surface area contributed by atoms with Crippen LogP contribution in [0.4, 0.5) is 0 Å². The third-order valence-corrected chi connectivity index (χ3v) is 2.80. The van der Waals surface area contributed by atoms with Crippen LogP contribution in [0, 0.1) is 0 Å². The molecule has 0 aliphatic heterocycles. The number of esters is 1. The Balaban J connectivity index is 2.47. The van der Waals surface area contributed by atoms with Gasteiger partial charge in [-0.15, -0.1) is 0 Å². The molecule has 0 bridgehead atoms. The smallest absolute Gasteiger partial charge is 0.319 e. The van der Waals surface area contributed by atoms with Crippen LogP contribution < -0.4 is 5.32 Å². The van der Waals surface area contributed by atoms with Crippen molar-refractivity contribution >= 4 is 33.5 Å². The Morgan fingerprint density at radius 1 is 1.60 bits per heavy atom. The van der Waals surface area contributed by atoms with Gasteiger partial charge in [0.2, 0.25) is 0 Å². The first kappa shape index (κ1) is 12.5. The standard InChI is InChI=1S/C10H11BrClNO2/c1-15-10(14)6-13-5-7-2-3-8(12)4-9(7)11/h2-4,13H,5-6H2,1H3. The molecule has 0 heterocycles. The van der Waals surface area contributed by atoms with E-state index in [-0.39, 0.29) is 12.5 Å². The van der Waals surface area contributed by atoms with Crippen molar-refractivity contribution in [3.05, 3.63) is 33.3 Å². The number of carbonyl (C=O) groups is 1. The van der Waals surface area contributed by atoms with Crippen LogP contribution in [0.25, 0.3) is 0 Å². The lowest BCUT2D eigenvalue weighted by atomic mass is 10.2. The Bertz CT molecular complexity index is 357. The molecular weight excluding hydrogens is 281 g/mol. The summed E-state index contributed by atoms with van der Waals surface area (Å²) >= 11 is 9.19. The number of ether oxygens (including phenoxy) is 1. The molecule has 0 aliphatic carbocycles. The van der Waals surface area contributed by atoms with Crippen molar-refractivity contribution in [3.63, 3.8) is 0 Å². The van der Waals surface area contributed by atoms with Gasteiger partial charge in [-0.25, -0.2) is 0 Å². The molecular formula is C10H11BrClNO2. The monoisotopic (exact) mass is 291 g/mol. The lowest BCUT2D eigenvalue weighted by Crippen LogP contribution is -2.23. The summed E-state index contributed by atoms with van der Waals surface area (Å²) in [5.41, 5.74) is 1.04. The highest BCUT2D eigenvalue weighted by Gasteiger charge is 2.02. The summed E-state index contributed by atoms with van der Waals surface area (Å²) in [6.45, 7) is 0.790. The summed E-state index contributed by atoms with van der Waals surface area (Å²) in [6.07, 6.45) is 0. The minimum atomic E-state index is -0.278. The number of hydrogen-bond donors (Lipinski definition) is 1. The summed E-state index contributed by atoms with van der Waals surface area (Å²) in [4.78, 5) is 10.8. The van der Waals surface area contributed by atoms with Crippen LogP contribution >= 0.6 is 27.5 Å². The highest BCUT2D eigenvalue weighted by Crippen LogP contribution is 2.21. The molecule has 0 spiro atoms. The van der Waals surface area contributed by atoms with Crippen molar-refractivity contribution in [1.82, 2.24) is 5.32 Å². The molecule has 0 atom stereocenters. The number of benzene rings is 1. The van der Waals surface area contributed by atoms with Crippen molar-refractivity contribution < 1.29 is 9.53 Å². The zero-order valence-corrected chi connectivity index (χ0v) is 10.6. The van der Waals surface area contributed by atoms with Gasteiger partial charge in [-0.05, 0) is 17.7 Å². The Morgan fingerprint density at radius 3 is 2.93 bits per heavy atom. The highest BCUT2D eigenvalue weighted by atomic mass is 79.9. The van der Waals surface area contributed by atoms with E-state index in [1.807, 2.05) is 18.2 Å². The normalized spacial score (nSPS) is 10.1. The van der Waals surface area contributed by atoms with Crippen LogP contribution in [0.1, 0.15) is 5.56 Å². The first-order valence-electron chi connectivity index (χ1n) is 4.35. The molecule has 5 heteroatoms. The average molecular weight is 293 g/mol. The largest absolute Gasteiger partial charge is 0.468 e. The molecule has 0 saturated heterocycles. The van der Waals surface area contributed by atoms with Crippen LogP contribution in [0.5, 0.6) is 0 Å². The van der Waals surface area contributed by atoms with Crippen LogP contribution in [-0.4, -0.2) is 19.6 Å². The highest BCUT2D eigenvalue weighted by molar-refractivity contribution is 9.10. The number of methoxy groups -OCH3 is 1. The number of carbonyl (C=O) groups excluding carboxylic acids is 1. The fourth-order valence-electron chi connectivity index (χ4n) is 1.04. The minimum absolute atomic E-state index is 0.200. The summed E-state index contributed by atoms with van der Waals surface area (Å²) < 4.78 is 5.43. The second-order valence-corrected chi connectivity index (χ2v) is 4.21. The molecule has 0 fully saturated rings. The molecule has 15 heavy (non-hydrogen) atoms. The van der Waals surface area contributed by atoms with E-state index < -0.39 is 0 Å². The zero-order chi connectivity index (χ0) is 11.3. The molecule has 0 radical (unpaired) electrons. The second kappa shape index (κ2) is 6.10. The molecule has 1 aromatic rings. The van der Waals surface area contributed by atoms with Crippen LogP contribution in [0.3, 0.4) is 0 Å². The van der Waals surface area contributed by atoms with Gasteiger partial charge < -0.3 is 10.1 Å². The zero-order valence-electron chi connectivity index (χ0n) is 8.22. The van der Waals surface area contributed by atoms with E-state index in [0.717, 1.165) is 10.0 Å². The third-order valence-electron chi connectivity index (χ3n) is 1.83. The van der Waals surface area contributed by atoms with Gasteiger partial charge in [0.15, 0.2) is 0 Å². The van der Waals surface area contributed by atoms with Crippen molar-refractivity contribution in [2.45, 2.75) is 6.54 Å². The molecule has 3 nitrogen and oxygen atoms in total. The predicted octanol–water partition coefficient (Wildman–Crippen LogP) is 2.37. The van der Waals surface area contributed by atoms with Crippen molar-refractivity contribution in [3.8, 4) is 0 Å². The molecule has 0 aliphatic rings. The summed E-state index contributed by atoms with van der Waals surface area (Å²) in [6, 6.07) is 5.52. The Kier molecular flexibility index (Phi) is 5.08. The van der Waals surface area contributed by atoms with Gasteiger partial charge in [-0.2, -0.15) is 0 Å². The first-order chi connectivity index (χ1) is 7.13. The van der Waals surface area contributed by atoms with Gasteiger partial charge in [0, 0.05) is 16.0 Å². The quantitative estimate of drug-likeness (QED) is 0.866. The number of hydrogen-bond acceptors (Lipinski definition) is 3. The van der Waals surface area contributed by atoms with Gasteiger partial charge in [0.25, 0.3) is 0 Å². The summed E-state index contributed by atoms with van der Waals surface area (Å²) in [7, 11) is 1.36. The van der Waals surface area contributed by atoms with E-state index in [1.165, 1.54) is 7.11 Å². The lowest BCUT2D eigenvalue weighted by molar-refractivity contribution is -0.139. The van der Waals surface area contributed by atoms with Crippen molar-refractivity contribution in [2.24, 2.45) is 0 Å². The first-order valence-corrected chi connectivity index (χ1v) is 5.52. The lowest BCUT2D eigenvalue weighted by Gasteiger charge is -2.06. The van der Waals surface area contributed by atoms with Crippen LogP contribution in [0.15, 0.2) is 22.7 Å². The fourth-order valence-corrected chi connectivity index (χ4v) is 1.86. The molecule has 0 unspecified atom stereocenters. The minimum Gasteiger partial charge on any atom is -0.468 e. The van der Waals surface area contributed by atoms with E-state index in [1.54, 1.807) is 0 Å². The average Bonchev–Trinajstić information content (AvgIpc) is 2.21. The molecule has 0 aromatic heterocycles. The van der Waals surface area contributed by atoms with E-state index in [2.05, 4.69) is 26.0 Å². The Morgan fingerprint density at radius 2 is 2.33 bits per heavy atom. The predicted molar refractivity (Wildman–Crippen MR) is 62.9 cm³/mol. The van der Waals surface area contributed by atoms with E-state index >= 15 is 0 Å². The third kappa shape index (κ3) is 4.20. The molecule has 1 rings (SSSR count). The molecule has 0 saturated carbocycles. The second-order valence-electron chi connectivity index (χ2n) is 2.92. The van der Waals surface area contributed by atoms with Gasteiger partial charge >= 0.3 is 5.97 Å². The topological polar surface area (TPSA) is 38.3 Å². The molecule has 1 aromatic carbocycles. The maximum atomic E-state index is 10.8. The summed E-state index contributed by atoms with van der Waals surface area (Å²) in [5.74, 6) is -0.278. The van der Waals surface area contributed by atoms with E-state index in [4.69, 9.17) is 11.6 Å². The molecule has 1 N–H and O–H groups in total. The van der Waals surface area contributed by atoms with Crippen molar-refractivity contribution in [1.29, 1.82) is 0 Å². The van der Waals surface area contributed by atoms with Gasteiger partial charge in [-0.3, -0.25) is 4.79 Å². The number of nitrogens with one attached hydrogen (secondary N) is 1. The summed E-state index contributed by atoms with van der Waals surface area (Å²) in [5, 5.41) is 3.64. The molecule has 0 amide bonds. The van der Waals surface area contributed by atoms with Crippen LogP contribution in [-0.2, 0) is 16.1 Å². The Hall–Kier alpha value is -0.580. The number of rotatable bonds is 4. The van der Waals surface area contributed by atoms with Gasteiger partial charge in [0.05, 0.1) is 13.7 Å². The van der Waals surface area contributed by atoms with Gasteiger partial charge in [-0.1, -0.05) is 33.6 Å².